The van der Waals surface area contributed by atoms with E-state index >= 15 is 0 Å². The highest BCUT2D eigenvalue weighted by Crippen LogP contribution is 2.54. The summed E-state index contributed by atoms with van der Waals surface area (Å²) in [5, 5.41) is 4.03. The van der Waals surface area contributed by atoms with Gasteiger partial charge in [-0.05, 0) is 48.4 Å². The molecule has 9 nitrogen and oxygen atoms in total. The maximum absolute atomic E-state index is 11.8. The van der Waals surface area contributed by atoms with E-state index in [4.69, 9.17) is 0 Å². The van der Waals surface area contributed by atoms with Crippen LogP contribution in [0.1, 0.15) is 0 Å². The Morgan fingerprint density at radius 3 is 1.70 bits per heavy atom. The number of methoxy groups -OCH3 is 2. The van der Waals surface area contributed by atoms with Crippen LogP contribution >= 0.6 is 7.51 Å². The van der Waals surface area contributed by atoms with Crippen molar-refractivity contribution < 1.29 is 19.1 Å². The molecule has 0 rings (SSSR count). The minimum Gasteiger partial charge on any atom is -0.466 e. The summed E-state index contributed by atoms with van der Waals surface area (Å²) in [4.78, 5) is 27.4. The number of ether oxygens (including phenoxy) is 2. The van der Waals surface area contributed by atoms with Gasteiger partial charge in [0.05, 0.1) is 14.2 Å². The summed E-state index contributed by atoms with van der Waals surface area (Å²) in [5.41, 5.74) is -0.0900. The normalized spacial score (nSPS) is 13.1. The Balaban J connectivity index is 6.08. The number of rotatable bonds is 7. The minimum atomic E-state index is -2.29. The SMILES string of the molecule is COC(=O)/C=C/C(=N\N=P(N(C)C)(N(C)C)N(C)C)C(=O)OC. The lowest BCUT2D eigenvalue weighted by molar-refractivity contribution is -0.134. The summed E-state index contributed by atoms with van der Waals surface area (Å²) in [5.74, 6) is -1.29. The van der Waals surface area contributed by atoms with Crippen LogP contribution in [0, 0.1) is 0 Å². The summed E-state index contributed by atoms with van der Waals surface area (Å²) in [6.45, 7) is 0. The molecule has 0 aromatic heterocycles. The van der Waals surface area contributed by atoms with Crippen molar-refractivity contribution >= 4 is 25.2 Å². The lowest BCUT2D eigenvalue weighted by Crippen LogP contribution is -2.30. The monoisotopic (exact) mass is 347 g/mol. The highest BCUT2D eigenvalue weighted by atomic mass is 31.2. The fourth-order valence-corrected chi connectivity index (χ4v) is 4.73. The molecular weight excluding hydrogens is 321 g/mol. The van der Waals surface area contributed by atoms with Crippen molar-refractivity contribution in [3.05, 3.63) is 12.2 Å². The van der Waals surface area contributed by atoms with Crippen molar-refractivity contribution in [1.29, 1.82) is 0 Å². The third kappa shape index (κ3) is 5.54. The Hall–Kier alpha value is -1.54. The van der Waals surface area contributed by atoms with Crippen molar-refractivity contribution in [2.45, 2.75) is 0 Å². The molecule has 0 radical (unpaired) electrons. The second-order valence-corrected chi connectivity index (χ2v) is 8.65. The van der Waals surface area contributed by atoms with E-state index in [9.17, 15) is 9.59 Å². The van der Waals surface area contributed by atoms with E-state index in [-0.39, 0.29) is 5.71 Å². The number of hydrogen-bond acceptors (Lipinski definition) is 5. The first-order chi connectivity index (χ1) is 10.6. The lowest BCUT2D eigenvalue weighted by Gasteiger charge is -2.39. The van der Waals surface area contributed by atoms with Gasteiger partial charge in [0.2, 0.25) is 0 Å². The van der Waals surface area contributed by atoms with Crippen LogP contribution in [0.15, 0.2) is 22.1 Å². The third-order valence-corrected chi connectivity index (χ3v) is 6.40. The summed E-state index contributed by atoms with van der Waals surface area (Å²) < 4.78 is 15.0. The molecular formula is C13H26N5O4P. The molecule has 0 atom stereocenters. The van der Waals surface area contributed by atoms with Crippen molar-refractivity contribution in [3.8, 4) is 0 Å². The van der Waals surface area contributed by atoms with Crippen LogP contribution in [0.4, 0.5) is 0 Å². The lowest BCUT2D eigenvalue weighted by atomic mass is 10.3. The molecule has 10 heteroatoms. The number of nitrogens with zero attached hydrogens (tertiary/aromatic N) is 5. The Kier molecular flexibility index (Phi) is 8.93. The maximum atomic E-state index is 11.8. The molecule has 0 aliphatic rings. The first-order valence-electron chi connectivity index (χ1n) is 6.70. The van der Waals surface area contributed by atoms with Gasteiger partial charge in [-0.15, -0.1) is 9.96 Å². The smallest absolute Gasteiger partial charge is 0.358 e. The molecule has 0 aliphatic carbocycles. The molecule has 0 aromatic carbocycles. The van der Waals surface area contributed by atoms with Gasteiger partial charge in [0, 0.05) is 6.08 Å². The van der Waals surface area contributed by atoms with Gasteiger partial charge in [0.1, 0.15) is 0 Å². The van der Waals surface area contributed by atoms with E-state index in [1.54, 1.807) is 0 Å². The van der Waals surface area contributed by atoms with E-state index in [1.165, 1.54) is 20.3 Å². The molecule has 0 spiro atoms. The van der Waals surface area contributed by atoms with Crippen LogP contribution in [0.2, 0.25) is 0 Å². The second kappa shape index (κ2) is 9.57. The van der Waals surface area contributed by atoms with E-state index < -0.39 is 19.4 Å². The summed E-state index contributed by atoms with van der Waals surface area (Å²) in [6, 6.07) is 0. The Labute approximate surface area is 137 Å². The Morgan fingerprint density at radius 2 is 1.35 bits per heavy atom. The average Bonchev–Trinajstić information content (AvgIpc) is 2.48. The summed E-state index contributed by atoms with van der Waals surface area (Å²) in [7, 11) is 11.5. The first-order valence-corrected chi connectivity index (χ1v) is 8.30. The van der Waals surface area contributed by atoms with Crippen molar-refractivity contribution in [2.24, 2.45) is 9.96 Å². The molecule has 0 bridgehead atoms. The largest absolute Gasteiger partial charge is 0.466 e. The van der Waals surface area contributed by atoms with Crippen LogP contribution < -0.4 is 0 Å². The van der Waals surface area contributed by atoms with E-state index in [1.807, 2.05) is 56.3 Å². The number of carbonyl (C=O) groups excluding carboxylic acids is 2. The van der Waals surface area contributed by atoms with Crippen LogP contribution in [0.5, 0.6) is 0 Å². The molecule has 23 heavy (non-hydrogen) atoms. The molecule has 0 fully saturated rings. The Bertz CT molecular complexity index is 512. The molecule has 0 N–H and O–H groups in total. The molecule has 0 unspecified atom stereocenters. The Morgan fingerprint density at radius 1 is 0.870 bits per heavy atom. The molecule has 0 saturated heterocycles. The van der Waals surface area contributed by atoms with Crippen LogP contribution in [-0.4, -0.2) is 88.2 Å². The van der Waals surface area contributed by atoms with E-state index in [2.05, 4.69) is 19.4 Å². The standard InChI is InChI=1S/C13H26N5O4P/c1-16(2)23(17(3)4,18(5)6)15-14-11(13(20)22-8)9-10-12(19)21-7/h9-10H,1-8H3/b10-9+,14-11+. The van der Waals surface area contributed by atoms with E-state index in [0.717, 1.165) is 6.08 Å². The molecule has 0 saturated carbocycles. The van der Waals surface area contributed by atoms with Crippen molar-refractivity contribution in [3.63, 3.8) is 0 Å². The molecule has 132 valence electrons. The number of esters is 2. The quantitative estimate of drug-likeness (QED) is 0.222. The van der Waals surface area contributed by atoms with Crippen molar-refractivity contribution in [2.75, 3.05) is 56.5 Å². The van der Waals surface area contributed by atoms with Gasteiger partial charge >= 0.3 is 11.9 Å². The predicted octanol–water partition coefficient (Wildman–Crippen LogP) is 0.876. The summed E-state index contributed by atoms with van der Waals surface area (Å²) in [6.07, 6.45) is 2.31. The highest BCUT2D eigenvalue weighted by molar-refractivity contribution is 7.58. The van der Waals surface area contributed by atoms with Gasteiger partial charge in [-0.2, -0.15) is 0 Å². The summed E-state index contributed by atoms with van der Waals surface area (Å²) >= 11 is 0. The number of carbonyl (C=O) groups is 2. The second-order valence-electron chi connectivity index (χ2n) is 5.00. The maximum Gasteiger partial charge on any atom is 0.358 e. The third-order valence-electron chi connectivity index (χ3n) is 2.86. The van der Waals surface area contributed by atoms with Crippen LogP contribution in [0.3, 0.4) is 0 Å². The van der Waals surface area contributed by atoms with E-state index in [0.29, 0.717) is 0 Å². The van der Waals surface area contributed by atoms with Gasteiger partial charge in [-0.25, -0.2) is 9.59 Å². The first kappa shape index (κ1) is 21.5. The fourth-order valence-electron chi connectivity index (χ4n) is 1.88. The zero-order valence-corrected chi connectivity index (χ0v) is 15.9. The zero-order valence-electron chi connectivity index (χ0n) is 15.0. The fraction of sp³-hybridized carbons (Fsp3) is 0.615. The van der Waals surface area contributed by atoms with Gasteiger partial charge in [-0.1, -0.05) is 0 Å². The predicted molar refractivity (Wildman–Crippen MR) is 91.0 cm³/mol. The topological polar surface area (TPSA) is 87.0 Å². The minimum absolute atomic E-state index is 0.0900. The highest BCUT2D eigenvalue weighted by Gasteiger charge is 2.29. The average molecular weight is 347 g/mol. The molecule has 0 aliphatic heterocycles. The number of hydrogen-bond donors (Lipinski definition) is 0. The molecule has 0 aromatic rings. The zero-order chi connectivity index (χ0) is 18.2. The molecule has 0 amide bonds. The van der Waals surface area contributed by atoms with Crippen LogP contribution in [-0.2, 0) is 19.1 Å². The van der Waals surface area contributed by atoms with Gasteiger partial charge in [0.25, 0.3) is 0 Å². The van der Waals surface area contributed by atoms with Gasteiger partial charge in [-0.3, -0.25) is 14.0 Å². The van der Waals surface area contributed by atoms with Gasteiger partial charge < -0.3 is 9.47 Å². The molecule has 0 heterocycles. The van der Waals surface area contributed by atoms with Crippen LogP contribution in [0.25, 0.3) is 0 Å². The van der Waals surface area contributed by atoms with Crippen molar-refractivity contribution in [1.82, 2.24) is 14.0 Å². The van der Waals surface area contributed by atoms with Gasteiger partial charge in [0.15, 0.2) is 13.2 Å².